The van der Waals surface area contributed by atoms with Crippen LogP contribution < -0.4 is 4.74 Å². The number of morpholine rings is 1. The number of aliphatic carboxylic acids is 2. The van der Waals surface area contributed by atoms with Crippen molar-refractivity contribution in [3.8, 4) is 5.88 Å². The summed E-state index contributed by atoms with van der Waals surface area (Å²) < 4.78 is 79.9. The van der Waals surface area contributed by atoms with E-state index in [-0.39, 0.29) is 18.1 Å². The van der Waals surface area contributed by atoms with Gasteiger partial charge in [0.2, 0.25) is 5.88 Å². The molecule has 4 rings (SSSR count). The normalized spacial score (nSPS) is 19.2. The number of rotatable bonds is 4. The molecule has 222 valence electrons. The Bertz CT molecular complexity index is 1100. The topological polar surface area (TPSA) is 143 Å². The van der Waals surface area contributed by atoms with Gasteiger partial charge in [-0.3, -0.25) is 9.69 Å². The molecular weight excluding hydrogens is 560 g/mol. The second kappa shape index (κ2) is 14.0. The van der Waals surface area contributed by atoms with Gasteiger partial charge in [-0.15, -0.1) is 0 Å². The van der Waals surface area contributed by atoms with Gasteiger partial charge in [0.15, 0.2) is 5.76 Å². The molecular formula is C23H25F6N3O8. The lowest BCUT2D eigenvalue weighted by atomic mass is 9.98. The summed E-state index contributed by atoms with van der Waals surface area (Å²) in [5, 5.41) is 14.2. The first-order valence-corrected chi connectivity index (χ1v) is 11.4. The van der Waals surface area contributed by atoms with Gasteiger partial charge in [0, 0.05) is 32.2 Å². The van der Waals surface area contributed by atoms with Crippen molar-refractivity contribution in [2.24, 2.45) is 0 Å². The minimum Gasteiger partial charge on any atom is -0.481 e. The van der Waals surface area contributed by atoms with E-state index >= 15 is 0 Å². The van der Waals surface area contributed by atoms with Gasteiger partial charge in [0.1, 0.15) is 0 Å². The largest absolute Gasteiger partial charge is 0.490 e. The van der Waals surface area contributed by atoms with Crippen molar-refractivity contribution in [2.45, 2.75) is 37.5 Å². The number of fused-ring (bicyclic) bond motifs is 1. The maximum absolute atomic E-state index is 12.8. The van der Waals surface area contributed by atoms with Crippen LogP contribution in [0.1, 0.15) is 22.7 Å². The summed E-state index contributed by atoms with van der Waals surface area (Å²) in [6.45, 7) is 3.57. The molecule has 2 saturated heterocycles. The van der Waals surface area contributed by atoms with Crippen LogP contribution in [0.4, 0.5) is 26.3 Å². The molecule has 0 spiro atoms. The van der Waals surface area contributed by atoms with Gasteiger partial charge >= 0.3 is 24.3 Å². The van der Waals surface area contributed by atoms with Crippen molar-refractivity contribution < 1.29 is 64.8 Å². The van der Waals surface area contributed by atoms with Crippen molar-refractivity contribution in [1.82, 2.24) is 14.8 Å². The maximum Gasteiger partial charge on any atom is 0.490 e. The molecule has 0 unspecified atom stereocenters. The first-order chi connectivity index (χ1) is 18.6. The predicted molar refractivity (Wildman–Crippen MR) is 121 cm³/mol. The number of amides is 1. The van der Waals surface area contributed by atoms with E-state index < -0.39 is 24.3 Å². The van der Waals surface area contributed by atoms with Crippen LogP contribution in [-0.2, 0) is 20.9 Å². The van der Waals surface area contributed by atoms with Crippen molar-refractivity contribution in [3.63, 3.8) is 0 Å². The highest BCUT2D eigenvalue weighted by Crippen LogP contribution is 2.26. The number of piperidine rings is 1. The number of carbonyl (C=O) groups is 3. The number of aromatic nitrogens is 1. The highest BCUT2D eigenvalue weighted by molar-refractivity contribution is 5.91. The third-order valence-electron chi connectivity index (χ3n) is 5.52. The Labute approximate surface area is 222 Å². The Hall–Kier alpha value is -3.86. The molecule has 2 aromatic rings. The van der Waals surface area contributed by atoms with E-state index in [1.165, 1.54) is 6.26 Å². The number of alkyl halides is 6. The monoisotopic (exact) mass is 585 g/mol. The van der Waals surface area contributed by atoms with Gasteiger partial charge < -0.3 is 29.0 Å². The third-order valence-corrected chi connectivity index (χ3v) is 5.52. The molecule has 0 aromatic carbocycles. The quantitative estimate of drug-likeness (QED) is 0.514. The molecule has 2 aliphatic heterocycles. The summed E-state index contributed by atoms with van der Waals surface area (Å²) in [7, 11) is 1.62. The van der Waals surface area contributed by atoms with E-state index in [0.717, 1.165) is 31.7 Å². The van der Waals surface area contributed by atoms with Crippen molar-refractivity contribution in [1.29, 1.82) is 0 Å². The van der Waals surface area contributed by atoms with Crippen LogP contribution in [0, 0.1) is 0 Å². The summed E-state index contributed by atoms with van der Waals surface area (Å²) in [4.78, 5) is 39.3. The van der Waals surface area contributed by atoms with Gasteiger partial charge in [0.05, 0.1) is 37.8 Å². The van der Waals surface area contributed by atoms with Crippen LogP contribution in [-0.4, -0.2) is 101 Å². The van der Waals surface area contributed by atoms with Crippen molar-refractivity contribution in [3.05, 3.63) is 48.0 Å². The van der Waals surface area contributed by atoms with E-state index in [1.54, 1.807) is 19.2 Å². The van der Waals surface area contributed by atoms with Crippen LogP contribution in [0.5, 0.6) is 5.88 Å². The van der Waals surface area contributed by atoms with Crippen LogP contribution in [0.2, 0.25) is 0 Å². The van der Waals surface area contributed by atoms with E-state index in [2.05, 4.69) is 9.88 Å². The average Bonchev–Trinajstić information content (AvgIpc) is 3.43. The van der Waals surface area contributed by atoms with Crippen LogP contribution in [0.25, 0.3) is 0 Å². The number of carboxylic acids is 2. The number of ether oxygens (including phenoxy) is 2. The fourth-order valence-electron chi connectivity index (χ4n) is 3.76. The second-order valence-corrected chi connectivity index (χ2v) is 8.25. The zero-order valence-electron chi connectivity index (χ0n) is 20.8. The van der Waals surface area contributed by atoms with E-state index in [0.29, 0.717) is 24.8 Å². The molecule has 40 heavy (non-hydrogen) atoms. The number of carbonyl (C=O) groups excluding carboxylic acids is 1. The Morgan fingerprint density at radius 1 is 1.02 bits per heavy atom. The predicted octanol–water partition coefficient (Wildman–Crippen LogP) is 3.07. The zero-order valence-corrected chi connectivity index (χ0v) is 20.8. The zero-order chi connectivity index (χ0) is 30.1. The van der Waals surface area contributed by atoms with Crippen molar-refractivity contribution >= 4 is 17.8 Å². The Kier molecular flexibility index (Phi) is 11.3. The molecule has 0 bridgehead atoms. The number of furan rings is 1. The molecule has 4 heterocycles. The van der Waals surface area contributed by atoms with Gasteiger partial charge in [-0.25, -0.2) is 14.6 Å². The number of hydrogen-bond donors (Lipinski definition) is 2. The number of halogens is 6. The number of methoxy groups -OCH3 is 1. The SMILES string of the molecule is COc1cccc(CN2CC[C@@H]3OCCN(C(=O)c4ccco4)[C@H]3C2)n1.O=C(O)C(F)(F)F.O=C(O)C(F)(F)F. The summed E-state index contributed by atoms with van der Waals surface area (Å²) in [5.41, 5.74) is 0.962. The molecule has 1 amide bonds. The number of pyridine rings is 1. The molecule has 2 aromatic heterocycles. The first kappa shape index (κ1) is 32.4. The average molecular weight is 585 g/mol. The second-order valence-electron chi connectivity index (χ2n) is 8.25. The Morgan fingerprint density at radius 2 is 1.65 bits per heavy atom. The fraction of sp³-hybridized carbons (Fsp3) is 0.478. The standard InChI is InChI=1S/C19H23N3O4.2C2HF3O2/c1-24-18-6-2-4-14(20-18)12-21-8-7-16-15(13-21)22(9-11-26-16)19(23)17-5-3-10-25-17;2*3-2(4,5)1(6)7/h2-6,10,15-16H,7-9,11-13H2,1H3;2*(H,6,7)/t15-,16-;;/m0../s1. The fourth-order valence-corrected chi connectivity index (χ4v) is 3.76. The Morgan fingerprint density at radius 3 is 2.17 bits per heavy atom. The first-order valence-electron chi connectivity index (χ1n) is 11.4. The highest BCUT2D eigenvalue weighted by atomic mass is 19.4. The number of hydrogen-bond acceptors (Lipinski definition) is 8. The number of carboxylic acid groups (broad SMARTS) is 2. The minimum absolute atomic E-state index is 0.0284. The third kappa shape index (κ3) is 9.71. The molecule has 0 aliphatic carbocycles. The van der Waals surface area contributed by atoms with Crippen molar-refractivity contribution in [2.75, 3.05) is 33.4 Å². The Balaban J connectivity index is 0.000000333. The lowest BCUT2D eigenvalue weighted by Gasteiger charge is -2.46. The summed E-state index contributed by atoms with van der Waals surface area (Å²) in [6, 6.07) is 9.28. The molecule has 2 fully saturated rings. The summed E-state index contributed by atoms with van der Waals surface area (Å²) >= 11 is 0. The molecule has 2 aliphatic rings. The number of nitrogens with zero attached hydrogens (tertiary/aromatic N) is 3. The van der Waals surface area contributed by atoms with Crippen LogP contribution in [0.3, 0.4) is 0 Å². The minimum atomic E-state index is -5.08. The molecule has 17 heteroatoms. The molecule has 2 N–H and O–H groups in total. The van der Waals surface area contributed by atoms with E-state index in [1.807, 2.05) is 23.1 Å². The smallest absolute Gasteiger partial charge is 0.481 e. The molecule has 11 nitrogen and oxygen atoms in total. The molecule has 0 saturated carbocycles. The van der Waals surface area contributed by atoms with Crippen LogP contribution in [0.15, 0.2) is 41.0 Å². The number of likely N-dealkylation sites (tertiary alicyclic amines) is 1. The lowest BCUT2D eigenvalue weighted by Crippen LogP contribution is -2.61. The molecule has 2 atom stereocenters. The summed E-state index contributed by atoms with van der Waals surface area (Å²) in [6.07, 6.45) is -7.65. The molecule has 0 radical (unpaired) electrons. The van der Waals surface area contributed by atoms with Crippen LogP contribution >= 0.6 is 0 Å². The van der Waals surface area contributed by atoms with Gasteiger partial charge in [-0.1, -0.05) is 6.07 Å². The van der Waals surface area contributed by atoms with Gasteiger partial charge in [-0.2, -0.15) is 26.3 Å². The van der Waals surface area contributed by atoms with E-state index in [9.17, 15) is 31.1 Å². The maximum atomic E-state index is 12.8. The lowest BCUT2D eigenvalue weighted by molar-refractivity contribution is -0.193. The van der Waals surface area contributed by atoms with E-state index in [4.69, 9.17) is 33.7 Å². The summed E-state index contributed by atoms with van der Waals surface area (Å²) in [5.74, 6) is -4.57. The van der Waals surface area contributed by atoms with Gasteiger partial charge in [0.25, 0.3) is 5.91 Å². The van der Waals surface area contributed by atoms with Gasteiger partial charge in [-0.05, 0) is 24.6 Å². The highest BCUT2D eigenvalue weighted by Gasteiger charge is 2.40.